The Bertz CT molecular complexity index is 2230. The molecule has 2 N–H and O–H groups in total. The first-order chi connectivity index (χ1) is 23.0. The average Bonchev–Trinajstić information content (AvgIpc) is 3.48. The lowest BCUT2D eigenvalue weighted by Gasteiger charge is -2.22. The second-order valence-corrected chi connectivity index (χ2v) is 11.7. The highest BCUT2D eigenvalue weighted by molar-refractivity contribution is 6.11. The molecule has 0 radical (unpaired) electrons. The number of nitrogens with one attached hydrogen (secondary N) is 2. The Balaban J connectivity index is 1.60. The van der Waals surface area contributed by atoms with Gasteiger partial charge in [-0.1, -0.05) is 115 Å². The van der Waals surface area contributed by atoms with E-state index in [-0.39, 0.29) is 17.7 Å². The van der Waals surface area contributed by atoms with Crippen LogP contribution in [0.15, 0.2) is 140 Å². The van der Waals surface area contributed by atoms with Crippen molar-refractivity contribution >= 4 is 39.5 Å². The normalized spacial score (nSPS) is 13.2. The molecular formula is C43H32N2O2. The van der Waals surface area contributed by atoms with E-state index in [9.17, 15) is 9.59 Å². The van der Waals surface area contributed by atoms with Crippen molar-refractivity contribution in [1.82, 2.24) is 0 Å². The van der Waals surface area contributed by atoms with Gasteiger partial charge >= 0.3 is 0 Å². The molecule has 4 nitrogen and oxygen atoms in total. The van der Waals surface area contributed by atoms with E-state index in [1.165, 1.54) is 19.4 Å². The third-order valence-electron chi connectivity index (χ3n) is 8.42. The predicted octanol–water partition coefficient (Wildman–Crippen LogP) is 9.40. The van der Waals surface area contributed by atoms with Crippen LogP contribution in [0.25, 0.3) is 27.5 Å². The predicted molar refractivity (Wildman–Crippen MR) is 192 cm³/mol. The smallest absolute Gasteiger partial charge is 0.221 e. The molecule has 7 rings (SSSR count). The van der Waals surface area contributed by atoms with Crippen LogP contribution in [0.4, 0.5) is 11.4 Å². The van der Waals surface area contributed by atoms with Gasteiger partial charge < -0.3 is 10.6 Å². The highest BCUT2D eigenvalue weighted by Crippen LogP contribution is 2.52. The quantitative estimate of drug-likeness (QED) is 0.192. The number of fused-ring (bicyclic) bond motifs is 2. The summed E-state index contributed by atoms with van der Waals surface area (Å²) in [6, 6.07) is 45.2. The molecule has 0 saturated heterocycles. The minimum absolute atomic E-state index is 0.0572. The molecule has 1 aliphatic rings. The first-order valence-electron chi connectivity index (χ1n) is 15.6. The van der Waals surface area contributed by atoms with Crippen molar-refractivity contribution < 1.29 is 9.59 Å². The van der Waals surface area contributed by atoms with Crippen LogP contribution in [-0.2, 0) is 9.59 Å². The summed E-state index contributed by atoms with van der Waals surface area (Å²) < 4.78 is 0. The summed E-state index contributed by atoms with van der Waals surface area (Å²) in [5.41, 5.74) is 11.1. The molecule has 0 heterocycles. The first-order valence-corrected chi connectivity index (χ1v) is 15.6. The van der Waals surface area contributed by atoms with Crippen molar-refractivity contribution in [3.05, 3.63) is 173 Å². The molecule has 1 atom stereocenters. The van der Waals surface area contributed by atoms with Gasteiger partial charge in [0.2, 0.25) is 11.8 Å². The monoisotopic (exact) mass is 608 g/mol. The Morgan fingerprint density at radius 3 is 1.83 bits per heavy atom. The summed E-state index contributed by atoms with van der Waals surface area (Å²) in [7, 11) is 0. The SMILES string of the molecule is CC(=O)Nc1ccc(C2=CC(c3ccccc3)c3c2c(-c2ccccc2)c2cc(NC(C)=O)ccc2c3C#Cc2ccccc2)cc1. The second-order valence-electron chi connectivity index (χ2n) is 11.7. The van der Waals surface area contributed by atoms with Gasteiger partial charge in [-0.05, 0) is 86.1 Å². The summed E-state index contributed by atoms with van der Waals surface area (Å²) in [6.07, 6.45) is 2.35. The molecule has 0 bridgehead atoms. The standard InChI is InChI=1S/C43H32N2O2/c1-28(46)44-34-21-19-32(20-22-34)39-27-38(31-14-8-4-9-15-31)42-37(24-18-30-12-6-3-7-13-30)36-25-23-35(45-29(2)47)26-40(36)41(43(39)42)33-16-10-5-11-17-33/h3-17,19-23,25-27,38H,1-2H3,(H,44,46)(H,45,47). The Hall–Kier alpha value is -6.18. The van der Waals surface area contributed by atoms with E-state index in [0.717, 1.165) is 66.7 Å². The third kappa shape index (κ3) is 5.95. The first kappa shape index (κ1) is 29.5. The zero-order chi connectivity index (χ0) is 32.3. The summed E-state index contributed by atoms with van der Waals surface area (Å²) in [4.78, 5) is 24.0. The van der Waals surface area contributed by atoms with Gasteiger partial charge in [0.25, 0.3) is 0 Å². The van der Waals surface area contributed by atoms with Crippen LogP contribution in [0.3, 0.4) is 0 Å². The largest absolute Gasteiger partial charge is 0.326 e. The fourth-order valence-corrected chi connectivity index (χ4v) is 6.51. The van der Waals surface area contributed by atoms with Crippen molar-refractivity contribution in [1.29, 1.82) is 0 Å². The molecule has 6 aromatic rings. The van der Waals surface area contributed by atoms with Gasteiger partial charge in [-0.15, -0.1) is 0 Å². The van der Waals surface area contributed by atoms with Crippen LogP contribution in [0.5, 0.6) is 0 Å². The van der Waals surface area contributed by atoms with E-state index >= 15 is 0 Å². The molecule has 0 aliphatic heterocycles. The highest BCUT2D eigenvalue weighted by Gasteiger charge is 2.33. The second kappa shape index (κ2) is 12.7. The topological polar surface area (TPSA) is 58.2 Å². The van der Waals surface area contributed by atoms with Gasteiger partial charge in [0.1, 0.15) is 0 Å². The lowest BCUT2D eigenvalue weighted by molar-refractivity contribution is -0.115. The number of rotatable bonds is 5. The lowest BCUT2D eigenvalue weighted by Crippen LogP contribution is -2.07. The number of carbonyl (C=O) groups is 2. The highest BCUT2D eigenvalue weighted by atomic mass is 16.2. The van der Waals surface area contributed by atoms with Gasteiger partial charge in [-0.25, -0.2) is 0 Å². The minimum atomic E-state index is -0.125. The third-order valence-corrected chi connectivity index (χ3v) is 8.42. The average molecular weight is 609 g/mol. The van der Waals surface area contributed by atoms with Crippen LogP contribution in [0.2, 0.25) is 0 Å². The number of benzene rings is 6. The van der Waals surface area contributed by atoms with Crippen LogP contribution in [0.1, 0.15) is 53.1 Å². The number of hydrogen-bond donors (Lipinski definition) is 2. The van der Waals surface area contributed by atoms with E-state index in [1.54, 1.807) is 0 Å². The van der Waals surface area contributed by atoms with E-state index < -0.39 is 0 Å². The molecule has 2 amide bonds. The fourth-order valence-electron chi connectivity index (χ4n) is 6.51. The Morgan fingerprint density at radius 1 is 0.574 bits per heavy atom. The molecule has 6 aromatic carbocycles. The zero-order valence-corrected chi connectivity index (χ0v) is 26.2. The number of carbonyl (C=O) groups excluding carboxylic acids is 2. The van der Waals surface area contributed by atoms with Crippen molar-refractivity contribution in [3.63, 3.8) is 0 Å². The van der Waals surface area contributed by atoms with Gasteiger partial charge in [0, 0.05) is 42.3 Å². The zero-order valence-electron chi connectivity index (χ0n) is 26.2. The summed E-state index contributed by atoms with van der Waals surface area (Å²) >= 11 is 0. The molecule has 0 spiro atoms. The number of hydrogen-bond acceptors (Lipinski definition) is 2. The maximum atomic E-state index is 12.2. The summed E-state index contributed by atoms with van der Waals surface area (Å²) in [6.45, 7) is 3.04. The summed E-state index contributed by atoms with van der Waals surface area (Å²) in [5, 5.41) is 7.92. The molecule has 0 aromatic heterocycles. The van der Waals surface area contributed by atoms with Crippen molar-refractivity contribution in [2.75, 3.05) is 10.6 Å². The number of anilines is 2. The Morgan fingerprint density at radius 2 is 1.17 bits per heavy atom. The molecular weight excluding hydrogens is 576 g/mol. The molecule has 1 aliphatic carbocycles. The molecule has 1 unspecified atom stereocenters. The van der Waals surface area contributed by atoms with Gasteiger partial charge in [0.15, 0.2) is 0 Å². The van der Waals surface area contributed by atoms with Crippen molar-refractivity contribution in [2.45, 2.75) is 19.8 Å². The molecule has 0 fully saturated rings. The van der Waals surface area contributed by atoms with Gasteiger partial charge in [-0.3, -0.25) is 9.59 Å². The molecule has 4 heteroatoms. The molecule has 226 valence electrons. The number of allylic oxidation sites excluding steroid dienone is 1. The van der Waals surface area contributed by atoms with Crippen LogP contribution in [0, 0.1) is 11.8 Å². The van der Waals surface area contributed by atoms with Crippen molar-refractivity contribution in [3.8, 4) is 23.0 Å². The van der Waals surface area contributed by atoms with Gasteiger partial charge in [-0.2, -0.15) is 0 Å². The van der Waals surface area contributed by atoms with Crippen molar-refractivity contribution in [2.24, 2.45) is 0 Å². The van der Waals surface area contributed by atoms with Crippen LogP contribution >= 0.6 is 0 Å². The summed E-state index contributed by atoms with van der Waals surface area (Å²) in [5.74, 6) is 6.79. The Kier molecular flexibility index (Phi) is 7.96. The van der Waals surface area contributed by atoms with Gasteiger partial charge in [0.05, 0.1) is 0 Å². The molecule has 47 heavy (non-hydrogen) atoms. The lowest BCUT2D eigenvalue weighted by atomic mass is 9.81. The van der Waals surface area contributed by atoms with E-state index in [1.807, 2.05) is 60.7 Å². The fraction of sp³-hybridized carbons (Fsp3) is 0.0698. The van der Waals surface area contributed by atoms with Crippen LogP contribution in [-0.4, -0.2) is 11.8 Å². The minimum Gasteiger partial charge on any atom is -0.326 e. The Labute approximate surface area is 274 Å². The van der Waals surface area contributed by atoms with E-state index in [4.69, 9.17) is 0 Å². The van der Waals surface area contributed by atoms with E-state index in [2.05, 4.69) is 101 Å². The van der Waals surface area contributed by atoms with Crippen LogP contribution < -0.4 is 10.6 Å². The maximum Gasteiger partial charge on any atom is 0.221 e. The molecule has 0 saturated carbocycles. The maximum absolute atomic E-state index is 12.2. The van der Waals surface area contributed by atoms with E-state index in [0.29, 0.717) is 0 Å². The number of amides is 2.